The summed E-state index contributed by atoms with van der Waals surface area (Å²) in [7, 11) is 0. The Hall–Kier alpha value is -2.68. The van der Waals surface area contributed by atoms with Crippen molar-refractivity contribution < 1.29 is 31.1 Å². The van der Waals surface area contributed by atoms with E-state index in [2.05, 4.69) is 21.1 Å². The van der Waals surface area contributed by atoms with Crippen LogP contribution in [-0.4, -0.2) is 53.7 Å². The predicted octanol–water partition coefficient (Wildman–Crippen LogP) is 3.22. The zero-order valence-corrected chi connectivity index (χ0v) is 18.5. The summed E-state index contributed by atoms with van der Waals surface area (Å²) in [6.45, 7) is 0.989. The molecule has 32 heavy (non-hydrogen) atoms. The molecule has 4 N–H and O–H groups in total. The summed E-state index contributed by atoms with van der Waals surface area (Å²) in [6, 6.07) is 6.48. The maximum Gasteiger partial charge on any atom is 0.405 e. The van der Waals surface area contributed by atoms with Crippen molar-refractivity contribution in [1.82, 2.24) is 21.5 Å². The van der Waals surface area contributed by atoms with Gasteiger partial charge < -0.3 is 15.4 Å². The van der Waals surface area contributed by atoms with Gasteiger partial charge in [0.2, 0.25) is 0 Å². The zero-order valence-electron chi connectivity index (χ0n) is 16.8. The molecule has 1 rings (SSSR count). The van der Waals surface area contributed by atoms with E-state index >= 15 is 0 Å². The average molecular weight is 503 g/mol. The largest absolute Gasteiger partial charge is 0.494 e. The first kappa shape index (κ1) is 27.4. The Morgan fingerprint density at radius 3 is 1.78 bits per heavy atom. The summed E-state index contributed by atoms with van der Waals surface area (Å²) in [5, 5.41) is 11.0. The van der Waals surface area contributed by atoms with E-state index in [4.69, 9.17) is 29.2 Å². The van der Waals surface area contributed by atoms with Crippen LogP contribution in [0.25, 0.3) is 0 Å². The predicted molar refractivity (Wildman–Crippen MR) is 117 cm³/mol. The molecular formula is C17H20F6N6OS2. The minimum Gasteiger partial charge on any atom is -0.494 e. The number of ether oxygens (including phenoxy) is 1. The monoisotopic (exact) mass is 502 g/mol. The number of alkyl halides is 6. The molecule has 0 radical (unpaired) electrons. The lowest BCUT2D eigenvalue weighted by molar-refractivity contribution is -0.122. The Balaban J connectivity index is 3.00. The summed E-state index contributed by atoms with van der Waals surface area (Å²) >= 11 is 9.49. The van der Waals surface area contributed by atoms with Gasteiger partial charge in [-0.3, -0.25) is 10.9 Å². The van der Waals surface area contributed by atoms with Crippen LogP contribution in [0, 0.1) is 0 Å². The summed E-state index contributed by atoms with van der Waals surface area (Å²) in [4.78, 5) is 0. The second kappa shape index (κ2) is 12.4. The number of hydrazone groups is 2. The molecule has 0 aromatic heterocycles. The molecule has 0 aliphatic rings. The van der Waals surface area contributed by atoms with Gasteiger partial charge in [-0.15, -0.1) is 0 Å². The molecule has 0 spiro atoms. The number of benzene rings is 1. The summed E-state index contributed by atoms with van der Waals surface area (Å²) in [5.41, 5.74) is 5.28. The molecule has 1 aromatic rings. The van der Waals surface area contributed by atoms with Gasteiger partial charge in [0.05, 0.1) is 12.3 Å². The summed E-state index contributed by atoms with van der Waals surface area (Å²) in [6.07, 6.45) is -8.95. The lowest BCUT2D eigenvalue weighted by Crippen LogP contribution is -2.40. The second-order valence-corrected chi connectivity index (χ2v) is 6.75. The van der Waals surface area contributed by atoms with E-state index in [9.17, 15) is 26.3 Å². The van der Waals surface area contributed by atoms with Crippen LogP contribution in [0.15, 0.2) is 34.5 Å². The highest BCUT2D eigenvalue weighted by molar-refractivity contribution is 7.80. The molecular weight excluding hydrogens is 482 g/mol. The maximum atomic E-state index is 12.3. The highest BCUT2D eigenvalue weighted by atomic mass is 32.1. The first-order valence-corrected chi connectivity index (χ1v) is 9.69. The molecule has 0 unspecified atom stereocenters. The van der Waals surface area contributed by atoms with E-state index < -0.39 is 30.6 Å². The first-order valence-electron chi connectivity index (χ1n) is 8.87. The fourth-order valence-electron chi connectivity index (χ4n) is 1.96. The van der Waals surface area contributed by atoms with E-state index in [1.807, 2.05) is 10.6 Å². The van der Waals surface area contributed by atoms with Crippen molar-refractivity contribution >= 4 is 46.1 Å². The number of nitrogens with one attached hydrogen (secondary N) is 4. The van der Waals surface area contributed by atoms with Crippen LogP contribution in [0.4, 0.5) is 26.3 Å². The average Bonchev–Trinajstić information content (AvgIpc) is 2.69. The van der Waals surface area contributed by atoms with Crippen LogP contribution >= 0.6 is 24.4 Å². The van der Waals surface area contributed by atoms with Crippen molar-refractivity contribution in [1.29, 1.82) is 0 Å². The van der Waals surface area contributed by atoms with Gasteiger partial charge in [-0.2, -0.15) is 36.5 Å². The Morgan fingerprint density at radius 1 is 0.875 bits per heavy atom. The van der Waals surface area contributed by atoms with Crippen LogP contribution in [0.1, 0.15) is 19.4 Å². The molecule has 7 nitrogen and oxygen atoms in total. The zero-order chi connectivity index (χ0) is 24.4. The molecule has 0 saturated heterocycles. The summed E-state index contributed by atoms with van der Waals surface area (Å²) < 4.78 is 79.0. The number of rotatable bonds is 8. The van der Waals surface area contributed by atoms with Crippen LogP contribution in [-0.2, 0) is 0 Å². The van der Waals surface area contributed by atoms with Crippen molar-refractivity contribution in [3.05, 3.63) is 29.8 Å². The third kappa shape index (κ3) is 11.6. The van der Waals surface area contributed by atoms with Crippen molar-refractivity contribution in [3.8, 4) is 5.75 Å². The topological polar surface area (TPSA) is 82.1 Å². The van der Waals surface area contributed by atoms with E-state index in [0.29, 0.717) is 17.9 Å². The first-order chi connectivity index (χ1) is 14.8. The third-order valence-corrected chi connectivity index (χ3v) is 3.75. The highest BCUT2D eigenvalue weighted by Crippen LogP contribution is 2.14. The number of hydrogen-bond acceptors (Lipinski definition) is 5. The van der Waals surface area contributed by atoms with Crippen molar-refractivity contribution in [3.63, 3.8) is 0 Å². The van der Waals surface area contributed by atoms with Gasteiger partial charge in [-0.05, 0) is 62.5 Å². The lowest BCUT2D eigenvalue weighted by atomic mass is 10.1. The molecule has 0 aliphatic heterocycles. The maximum absolute atomic E-state index is 12.3. The fourth-order valence-corrected chi connectivity index (χ4v) is 2.20. The van der Waals surface area contributed by atoms with Gasteiger partial charge in [0.25, 0.3) is 0 Å². The molecule has 0 atom stereocenters. The van der Waals surface area contributed by atoms with Crippen molar-refractivity contribution in [2.24, 2.45) is 10.2 Å². The van der Waals surface area contributed by atoms with Gasteiger partial charge in [0.1, 0.15) is 24.6 Å². The Kier molecular flexibility index (Phi) is 10.6. The van der Waals surface area contributed by atoms with E-state index in [-0.39, 0.29) is 16.5 Å². The van der Waals surface area contributed by atoms with E-state index in [0.717, 1.165) is 0 Å². The number of hydrogen-bond donors (Lipinski definition) is 4. The fraction of sp³-hybridized carbons (Fsp3) is 0.412. The lowest BCUT2D eigenvalue weighted by Gasteiger charge is -2.13. The van der Waals surface area contributed by atoms with Gasteiger partial charge in [0.15, 0.2) is 10.2 Å². The van der Waals surface area contributed by atoms with Gasteiger partial charge in [0, 0.05) is 5.56 Å². The smallest absolute Gasteiger partial charge is 0.405 e. The van der Waals surface area contributed by atoms with Crippen molar-refractivity contribution in [2.45, 2.75) is 26.2 Å². The van der Waals surface area contributed by atoms with Crippen LogP contribution < -0.4 is 26.2 Å². The molecule has 0 bridgehead atoms. The number of halogens is 6. The Bertz CT molecular complexity index is 839. The molecule has 15 heteroatoms. The molecule has 178 valence electrons. The Labute approximate surface area is 190 Å². The van der Waals surface area contributed by atoms with Crippen molar-refractivity contribution in [2.75, 3.05) is 19.7 Å². The number of thiocarbonyl (C=S) groups is 2. The van der Waals surface area contributed by atoms with E-state index in [1.165, 1.54) is 6.92 Å². The second-order valence-electron chi connectivity index (χ2n) is 5.93. The molecule has 1 aromatic carbocycles. The highest BCUT2D eigenvalue weighted by Gasteiger charge is 2.27. The minimum absolute atomic E-state index is 0.135. The molecule has 0 amide bonds. The SMILES string of the molecule is CCOc1ccc(C(=N\NC(=S)NCC(F)(F)F)/C(C)=N/NC(=S)NCC(F)(F)F)cc1. The normalized spacial score (nSPS) is 12.8. The summed E-state index contributed by atoms with van der Waals surface area (Å²) in [5.74, 6) is 0.566. The molecule has 0 aliphatic carbocycles. The van der Waals surface area contributed by atoms with Crippen LogP contribution in [0.3, 0.4) is 0 Å². The van der Waals surface area contributed by atoms with E-state index in [1.54, 1.807) is 31.2 Å². The van der Waals surface area contributed by atoms with Crippen LogP contribution in [0.5, 0.6) is 5.75 Å². The number of nitrogens with zero attached hydrogens (tertiary/aromatic N) is 2. The quantitative estimate of drug-likeness (QED) is 0.188. The minimum atomic E-state index is -4.48. The van der Waals surface area contributed by atoms with Crippen LogP contribution in [0.2, 0.25) is 0 Å². The molecule has 0 saturated carbocycles. The Morgan fingerprint density at radius 2 is 1.34 bits per heavy atom. The van der Waals surface area contributed by atoms with Gasteiger partial charge in [-0.25, -0.2) is 0 Å². The molecule has 0 fully saturated rings. The molecule has 0 heterocycles. The van der Waals surface area contributed by atoms with Gasteiger partial charge in [-0.1, -0.05) is 0 Å². The standard InChI is InChI=1S/C17H20F6N6OS2/c1-3-30-12-6-4-11(5-7-12)13(27-29-15(32)25-9-17(21,22)23)10(2)26-28-14(31)24-8-16(18,19)20/h4-7H,3,8-9H2,1-2H3,(H2,24,28,31)(H2,25,29,32)/b26-10+,27-13-. The van der Waals surface area contributed by atoms with Gasteiger partial charge >= 0.3 is 12.4 Å². The third-order valence-electron chi connectivity index (χ3n) is 3.27.